The van der Waals surface area contributed by atoms with Crippen molar-refractivity contribution >= 4 is 5.78 Å². The molecule has 0 unspecified atom stereocenters. The normalized spacial score (nSPS) is 11.4. The van der Waals surface area contributed by atoms with Crippen molar-refractivity contribution in [3.8, 4) is 5.75 Å². The van der Waals surface area contributed by atoms with Crippen LogP contribution in [0.4, 0.5) is 0 Å². The van der Waals surface area contributed by atoms with Crippen molar-refractivity contribution in [1.82, 2.24) is 0 Å². The van der Waals surface area contributed by atoms with Gasteiger partial charge in [-0.15, -0.1) is 0 Å². The Morgan fingerprint density at radius 1 is 1.21 bits per heavy atom. The molecule has 0 amide bonds. The van der Waals surface area contributed by atoms with E-state index in [0.29, 0.717) is 25.9 Å². The van der Waals surface area contributed by atoms with Crippen LogP contribution in [-0.4, -0.2) is 23.1 Å². The molecule has 0 aromatic heterocycles. The van der Waals surface area contributed by atoms with Gasteiger partial charge in [-0.25, -0.2) is 0 Å². The van der Waals surface area contributed by atoms with E-state index in [-0.39, 0.29) is 5.78 Å². The lowest BCUT2D eigenvalue weighted by Gasteiger charge is -2.25. The maximum absolute atomic E-state index is 10.9. The van der Waals surface area contributed by atoms with Crippen LogP contribution in [0.15, 0.2) is 24.3 Å². The standard InChI is InChI=1S/C16H24O3/c1-4-16(18,5-2)12-19-15-10-8-14(9-11-15)7-6-13(3)17/h8-11,18H,4-7,12H2,1-3H3. The molecule has 0 saturated carbocycles. The lowest BCUT2D eigenvalue weighted by molar-refractivity contribution is -0.116. The van der Waals surface area contributed by atoms with E-state index in [1.54, 1.807) is 6.92 Å². The third-order valence-electron chi connectivity index (χ3n) is 3.51. The van der Waals surface area contributed by atoms with Gasteiger partial charge < -0.3 is 14.6 Å². The van der Waals surface area contributed by atoms with Gasteiger partial charge in [0.2, 0.25) is 0 Å². The number of rotatable bonds is 8. The van der Waals surface area contributed by atoms with Crippen molar-refractivity contribution in [2.45, 2.75) is 52.1 Å². The summed E-state index contributed by atoms with van der Waals surface area (Å²) in [4.78, 5) is 10.9. The highest BCUT2D eigenvalue weighted by Gasteiger charge is 2.22. The van der Waals surface area contributed by atoms with Gasteiger partial charge in [0.15, 0.2) is 0 Å². The minimum atomic E-state index is -0.743. The molecule has 3 heteroatoms. The van der Waals surface area contributed by atoms with E-state index in [9.17, 15) is 9.90 Å². The molecule has 0 fully saturated rings. The molecule has 3 nitrogen and oxygen atoms in total. The summed E-state index contributed by atoms with van der Waals surface area (Å²) in [5, 5.41) is 10.1. The zero-order valence-electron chi connectivity index (χ0n) is 12.1. The van der Waals surface area contributed by atoms with Gasteiger partial charge in [-0.05, 0) is 43.9 Å². The number of carbonyl (C=O) groups is 1. The molecular formula is C16H24O3. The number of hydrogen-bond donors (Lipinski definition) is 1. The van der Waals surface area contributed by atoms with Crippen LogP contribution in [0, 0.1) is 0 Å². The van der Waals surface area contributed by atoms with Gasteiger partial charge in [-0.2, -0.15) is 0 Å². The second-order valence-corrected chi connectivity index (χ2v) is 5.07. The summed E-state index contributed by atoms with van der Waals surface area (Å²) < 4.78 is 5.62. The minimum Gasteiger partial charge on any atom is -0.491 e. The maximum atomic E-state index is 10.9. The minimum absolute atomic E-state index is 0.205. The molecular weight excluding hydrogens is 240 g/mol. The number of ether oxygens (including phenoxy) is 1. The molecule has 0 bridgehead atoms. The molecule has 1 N–H and O–H groups in total. The van der Waals surface area contributed by atoms with Gasteiger partial charge >= 0.3 is 0 Å². The monoisotopic (exact) mass is 264 g/mol. The van der Waals surface area contributed by atoms with Crippen LogP contribution in [0.1, 0.15) is 45.6 Å². The smallest absolute Gasteiger partial charge is 0.130 e. The van der Waals surface area contributed by atoms with Crippen LogP contribution in [0.2, 0.25) is 0 Å². The van der Waals surface area contributed by atoms with Gasteiger partial charge in [0, 0.05) is 6.42 Å². The Morgan fingerprint density at radius 2 is 1.79 bits per heavy atom. The van der Waals surface area contributed by atoms with Crippen LogP contribution < -0.4 is 4.74 Å². The number of aryl methyl sites for hydroxylation is 1. The van der Waals surface area contributed by atoms with Gasteiger partial charge in [0.05, 0.1) is 5.60 Å². The van der Waals surface area contributed by atoms with Crippen LogP contribution >= 0.6 is 0 Å². The fraction of sp³-hybridized carbons (Fsp3) is 0.562. The van der Waals surface area contributed by atoms with Gasteiger partial charge in [-0.1, -0.05) is 26.0 Å². The first kappa shape index (κ1) is 15.7. The molecule has 19 heavy (non-hydrogen) atoms. The molecule has 0 atom stereocenters. The van der Waals surface area contributed by atoms with E-state index < -0.39 is 5.60 Å². The lowest BCUT2D eigenvalue weighted by Crippen LogP contribution is -2.34. The van der Waals surface area contributed by atoms with E-state index in [1.165, 1.54) is 0 Å². The van der Waals surface area contributed by atoms with Crippen molar-refractivity contribution in [3.63, 3.8) is 0 Å². The van der Waals surface area contributed by atoms with Crippen molar-refractivity contribution in [1.29, 1.82) is 0 Å². The third-order valence-corrected chi connectivity index (χ3v) is 3.51. The summed E-state index contributed by atoms with van der Waals surface area (Å²) in [6, 6.07) is 7.72. The topological polar surface area (TPSA) is 46.5 Å². The molecule has 106 valence electrons. The Bertz CT molecular complexity index is 391. The largest absolute Gasteiger partial charge is 0.491 e. The van der Waals surface area contributed by atoms with Crippen molar-refractivity contribution in [3.05, 3.63) is 29.8 Å². The lowest BCUT2D eigenvalue weighted by atomic mass is 9.99. The summed E-state index contributed by atoms with van der Waals surface area (Å²) >= 11 is 0. The van der Waals surface area contributed by atoms with Crippen LogP contribution in [0.25, 0.3) is 0 Å². The van der Waals surface area contributed by atoms with E-state index >= 15 is 0 Å². The highest BCUT2D eigenvalue weighted by Crippen LogP contribution is 2.19. The number of aliphatic hydroxyl groups is 1. The predicted molar refractivity (Wildman–Crippen MR) is 76.5 cm³/mol. The summed E-state index contributed by atoms with van der Waals surface area (Å²) in [5.41, 5.74) is 0.386. The average Bonchev–Trinajstić information content (AvgIpc) is 2.43. The third kappa shape index (κ3) is 5.43. The molecule has 0 aliphatic carbocycles. The first-order chi connectivity index (χ1) is 8.99. The Morgan fingerprint density at radius 3 is 2.26 bits per heavy atom. The van der Waals surface area contributed by atoms with Crippen molar-refractivity contribution in [2.24, 2.45) is 0 Å². The molecule has 0 radical (unpaired) electrons. The first-order valence-electron chi connectivity index (χ1n) is 6.92. The zero-order valence-corrected chi connectivity index (χ0v) is 12.1. The molecule has 0 saturated heterocycles. The molecule has 1 aromatic carbocycles. The zero-order chi connectivity index (χ0) is 14.3. The average molecular weight is 264 g/mol. The Balaban J connectivity index is 2.50. The molecule has 1 aromatic rings. The van der Waals surface area contributed by atoms with Crippen molar-refractivity contribution < 1.29 is 14.6 Å². The number of benzene rings is 1. The number of ketones is 1. The Kier molecular flexibility index (Phi) is 6.03. The number of carbonyl (C=O) groups excluding carboxylic acids is 1. The quantitative estimate of drug-likeness (QED) is 0.784. The maximum Gasteiger partial charge on any atom is 0.130 e. The van der Waals surface area contributed by atoms with E-state index in [2.05, 4.69) is 0 Å². The molecule has 0 spiro atoms. The molecule has 0 aliphatic heterocycles. The van der Waals surface area contributed by atoms with E-state index in [1.807, 2.05) is 38.1 Å². The summed E-state index contributed by atoms with van der Waals surface area (Å²) in [6.07, 6.45) is 2.70. The second-order valence-electron chi connectivity index (χ2n) is 5.07. The fourth-order valence-corrected chi connectivity index (χ4v) is 1.74. The second kappa shape index (κ2) is 7.29. The highest BCUT2D eigenvalue weighted by atomic mass is 16.5. The predicted octanol–water partition coefficient (Wildman–Crippen LogP) is 3.14. The Labute approximate surface area is 115 Å². The van der Waals surface area contributed by atoms with Gasteiger partial charge in [-0.3, -0.25) is 0 Å². The summed E-state index contributed by atoms with van der Waals surface area (Å²) in [6.45, 7) is 5.83. The summed E-state index contributed by atoms with van der Waals surface area (Å²) in [7, 11) is 0. The first-order valence-corrected chi connectivity index (χ1v) is 6.92. The van der Waals surface area contributed by atoms with E-state index in [4.69, 9.17) is 4.74 Å². The Hall–Kier alpha value is -1.35. The molecule has 1 rings (SSSR count). The molecule has 0 aliphatic rings. The number of hydrogen-bond acceptors (Lipinski definition) is 3. The van der Waals surface area contributed by atoms with Gasteiger partial charge in [0.1, 0.15) is 18.1 Å². The summed E-state index contributed by atoms with van der Waals surface area (Å²) in [5.74, 6) is 0.961. The van der Waals surface area contributed by atoms with Crippen molar-refractivity contribution in [2.75, 3.05) is 6.61 Å². The van der Waals surface area contributed by atoms with E-state index in [0.717, 1.165) is 17.7 Å². The van der Waals surface area contributed by atoms with Crippen LogP contribution in [0.5, 0.6) is 5.75 Å². The van der Waals surface area contributed by atoms with Crippen LogP contribution in [-0.2, 0) is 11.2 Å². The van der Waals surface area contributed by atoms with Gasteiger partial charge in [0.25, 0.3) is 0 Å². The fourth-order valence-electron chi connectivity index (χ4n) is 1.74. The van der Waals surface area contributed by atoms with Crippen LogP contribution in [0.3, 0.4) is 0 Å². The SMILES string of the molecule is CCC(O)(CC)COc1ccc(CCC(C)=O)cc1. The highest BCUT2D eigenvalue weighted by molar-refractivity contribution is 5.75. The molecule has 0 heterocycles. The number of Topliss-reactive ketones (excluding diaryl/α,β-unsaturated/α-hetero) is 1.